The number of likely N-dealkylation sites (N-methyl/N-ethyl adjacent to an activating group) is 1. The molecule has 7 nitrogen and oxygen atoms in total. The normalized spacial score (nSPS) is 15.2. The van der Waals surface area contributed by atoms with Gasteiger partial charge in [0.15, 0.2) is 5.76 Å². The third-order valence-corrected chi connectivity index (χ3v) is 5.97. The summed E-state index contributed by atoms with van der Waals surface area (Å²) in [4.78, 5) is 37.0. The molecule has 3 N–H and O–H groups in total. The van der Waals surface area contributed by atoms with Gasteiger partial charge in [-0.2, -0.15) is 0 Å². The Balaban J connectivity index is 1.63. The molecular formula is C25H33N3O4. The Kier molecular flexibility index (Phi) is 8.09. The summed E-state index contributed by atoms with van der Waals surface area (Å²) in [5.41, 5.74) is 1.79. The summed E-state index contributed by atoms with van der Waals surface area (Å²) in [7, 11) is 1.54. The molecule has 0 bridgehead atoms. The van der Waals surface area contributed by atoms with Crippen LogP contribution in [0.15, 0.2) is 40.8 Å². The quantitative estimate of drug-likeness (QED) is 0.585. The van der Waals surface area contributed by atoms with Gasteiger partial charge in [0.1, 0.15) is 11.8 Å². The molecule has 1 fully saturated rings. The largest absolute Gasteiger partial charge is 0.451 e. The first-order valence-corrected chi connectivity index (χ1v) is 11.4. The highest BCUT2D eigenvalue weighted by molar-refractivity contribution is 5.96. The van der Waals surface area contributed by atoms with Gasteiger partial charge in [0.05, 0.1) is 0 Å². The molecule has 1 saturated carbocycles. The van der Waals surface area contributed by atoms with Gasteiger partial charge in [0.25, 0.3) is 5.91 Å². The molecule has 1 aromatic heterocycles. The molecule has 172 valence electrons. The van der Waals surface area contributed by atoms with Crippen molar-refractivity contribution in [1.29, 1.82) is 0 Å². The van der Waals surface area contributed by atoms with Gasteiger partial charge >= 0.3 is 0 Å². The van der Waals surface area contributed by atoms with Crippen molar-refractivity contribution in [3.8, 4) is 11.3 Å². The predicted octanol–water partition coefficient (Wildman–Crippen LogP) is 3.64. The molecule has 7 heteroatoms. The van der Waals surface area contributed by atoms with E-state index in [4.69, 9.17) is 4.42 Å². The van der Waals surface area contributed by atoms with E-state index in [0.29, 0.717) is 12.3 Å². The molecule has 1 unspecified atom stereocenters. The highest BCUT2D eigenvalue weighted by Crippen LogP contribution is 2.25. The van der Waals surface area contributed by atoms with Gasteiger partial charge < -0.3 is 20.4 Å². The highest BCUT2D eigenvalue weighted by Gasteiger charge is 2.25. The van der Waals surface area contributed by atoms with E-state index >= 15 is 0 Å². The number of hydrogen-bond acceptors (Lipinski definition) is 4. The molecule has 32 heavy (non-hydrogen) atoms. The van der Waals surface area contributed by atoms with Crippen molar-refractivity contribution in [3.63, 3.8) is 0 Å². The predicted molar refractivity (Wildman–Crippen MR) is 123 cm³/mol. The van der Waals surface area contributed by atoms with Crippen LogP contribution in [0.1, 0.15) is 62.1 Å². The lowest BCUT2D eigenvalue weighted by molar-refractivity contribution is -0.126. The van der Waals surface area contributed by atoms with Crippen LogP contribution in [0.2, 0.25) is 0 Å². The fourth-order valence-corrected chi connectivity index (χ4v) is 4.05. The van der Waals surface area contributed by atoms with E-state index in [1.807, 2.05) is 38.1 Å². The lowest BCUT2D eigenvalue weighted by Crippen LogP contribution is -2.48. The Morgan fingerprint density at radius 3 is 2.50 bits per heavy atom. The molecule has 0 radical (unpaired) electrons. The molecule has 0 saturated heterocycles. The standard InChI is InChI=1S/C25H33N3O4/c1-16(2)22(25(31)26-3)28-24(30)21-13-12-20(32-21)19-11-7-8-17(14-19)15-27-23(29)18-9-5-4-6-10-18/h7-8,11-14,16,18,22H,4-6,9-10,15H2,1-3H3,(H,26,31)(H,27,29)(H,28,30). The maximum absolute atomic E-state index is 12.6. The number of rotatable bonds is 8. The van der Waals surface area contributed by atoms with E-state index in [-0.39, 0.29) is 29.4 Å². The summed E-state index contributed by atoms with van der Waals surface area (Å²) in [5, 5.41) is 8.35. The minimum atomic E-state index is -0.642. The molecule has 1 aromatic carbocycles. The minimum Gasteiger partial charge on any atom is -0.451 e. The number of furan rings is 1. The zero-order chi connectivity index (χ0) is 23.1. The van der Waals surface area contributed by atoms with E-state index in [2.05, 4.69) is 16.0 Å². The summed E-state index contributed by atoms with van der Waals surface area (Å²) in [6, 6.07) is 10.4. The van der Waals surface area contributed by atoms with E-state index in [0.717, 1.165) is 36.8 Å². The van der Waals surface area contributed by atoms with Gasteiger partial charge in [-0.05, 0) is 42.5 Å². The van der Waals surface area contributed by atoms with Crippen LogP contribution >= 0.6 is 0 Å². The first kappa shape index (κ1) is 23.6. The fourth-order valence-electron chi connectivity index (χ4n) is 4.05. The average molecular weight is 440 g/mol. The molecule has 1 heterocycles. The number of hydrogen-bond donors (Lipinski definition) is 3. The number of nitrogens with one attached hydrogen (secondary N) is 3. The summed E-state index contributed by atoms with van der Waals surface area (Å²) < 4.78 is 5.77. The van der Waals surface area contributed by atoms with Crippen LogP contribution in [0.3, 0.4) is 0 Å². The second kappa shape index (κ2) is 11.0. The number of carbonyl (C=O) groups excluding carboxylic acids is 3. The van der Waals surface area contributed by atoms with Crippen LogP contribution in [-0.2, 0) is 16.1 Å². The van der Waals surface area contributed by atoms with Crippen LogP contribution in [0.5, 0.6) is 0 Å². The molecule has 1 atom stereocenters. The first-order valence-electron chi connectivity index (χ1n) is 11.4. The van der Waals surface area contributed by atoms with Crippen LogP contribution in [0, 0.1) is 11.8 Å². The van der Waals surface area contributed by atoms with Crippen LogP contribution in [0.25, 0.3) is 11.3 Å². The van der Waals surface area contributed by atoms with Crippen molar-refractivity contribution in [2.45, 2.75) is 58.5 Å². The SMILES string of the molecule is CNC(=O)C(NC(=O)c1ccc(-c2cccc(CNC(=O)C3CCCCC3)c2)o1)C(C)C. The van der Waals surface area contributed by atoms with E-state index in [9.17, 15) is 14.4 Å². The van der Waals surface area contributed by atoms with Gasteiger partial charge in [0, 0.05) is 25.1 Å². The Morgan fingerprint density at radius 2 is 1.81 bits per heavy atom. The molecule has 2 aromatic rings. The summed E-state index contributed by atoms with van der Waals surface area (Å²) in [5.74, 6) is 0.207. The number of carbonyl (C=O) groups is 3. The minimum absolute atomic E-state index is 0.0613. The smallest absolute Gasteiger partial charge is 0.287 e. The summed E-state index contributed by atoms with van der Waals surface area (Å²) >= 11 is 0. The van der Waals surface area contributed by atoms with Crippen molar-refractivity contribution in [2.24, 2.45) is 11.8 Å². The van der Waals surface area contributed by atoms with Crippen molar-refractivity contribution in [2.75, 3.05) is 7.05 Å². The number of benzene rings is 1. The van der Waals surface area contributed by atoms with Gasteiger partial charge in [-0.25, -0.2) is 0 Å². The topological polar surface area (TPSA) is 100 Å². The van der Waals surface area contributed by atoms with Crippen molar-refractivity contribution in [3.05, 3.63) is 47.7 Å². The van der Waals surface area contributed by atoms with Gasteiger partial charge in [-0.15, -0.1) is 0 Å². The van der Waals surface area contributed by atoms with Gasteiger partial charge in [-0.1, -0.05) is 51.3 Å². The monoisotopic (exact) mass is 439 g/mol. The zero-order valence-electron chi connectivity index (χ0n) is 19.1. The lowest BCUT2D eigenvalue weighted by Gasteiger charge is -2.20. The third-order valence-electron chi connectivity index (χ3n) is 5.97. The second-order valence-corrected chi connectivity index (χ2v) is 8.73. The fraction of sp³-hybridized carbons (Fsp3) is 0.480. The van der Waals surface area contributed by atoms with Gasteiger partial charge in [0.2, 0.25) is 11.8 Å². The molecule has 0 aliphatic heterocycles. The van der Waals surface area contributed by atoms with Crippen molar-refractivity contribution >= 4 is 17.7 Å². The van der Waals surface area contributed by atoms with Crippen molar-refractivity contribution in [1.82, 2.24) is 16.0 Å². The molecule has 3 rings (SSSR count). The van der Waals surface area contributed by atoms with Gasteiger partial charge in [-0.3, -0.25) is 14.4 Å². The molecule has 1 aliphatic rings. The zero-order valence-corrected chi connectivity index (χ0v) is 19.1. The molecular weight excluding hydrogens is 406 g/mol. The number of amides is 3. The third kappa shape index (κ3) is 5.99. The van der Waals surface area contributed by atoms with Crippen LogP contribution in [0.4, 0.5) is 0 Å². The Bertz CT molecular complexity index is 944. The van der Waals surface area contributed by atoms with Crippen LogP contribution in [-0.4, -0.2) is 30.8 Å². The Hall–Kier alpha value is -3.09. The average Bonchev–Trinajstić information content (AvgIpc) is 3.31. The van der Waals surface area contributed by atoms with Crippen LogP contribution < -0.4 is 16.0 Å². The van der Waals surface area contributed by atoms with Crippen molar-refractivity contribution < 1.29 is 18.8 Å². The maximum atomic E-state index is 12.6. The summed E-state index contributed by atoms with van der Waals surface area (Å²) in [6.07, 6.45) is 5.42. The lowest BCUT2D eigenvalue weighted by atomic mass is 9.88. The first-order chi connectivity index (χ1) is 15.4. The van der Waals surface area contributed by atoms with E-state index in [1.165, 1.54) is 6.42 Å². The summed E-state index contributed by atoms with van der Waals surface area (Å²) in [6.45, 7) is 4.19. The maximum Gasteiger partial charge on any atom is 0.287 e. The molecule has 3 amide bonds. The molecule has 0 spiro atoms. The van der Waals surface area contributed by atoms with E-state index < -0.39 is 11.9 Å². The Morgan fingerprint density at radius 1 is 1.06 bits per heavy atom. The molecule has 1 aliphatic carbocycles. The van der Waals surface area contributed by atoms with E-state index in [1.54, 1.807) is 19.2 Å². The Labute approximate surface area is 189 Å². The second-order valence-electron chi connectivity index (χ2n) is 8.73. The highest BCUT2D eigenvalue weighted by atomic mass is 16.4.